The van der Waals surface area contributed by atoms with Gasteiger partial charge in [-0.1, -0.05) is 19.3 Å². The first kappa shape index (κ1) is 17.7. The number of hydrogen-bond donors (Lipinski definition) is 1. The van der Waals surface area contributed by atoms with Gasteiger partial charge in [-0.15, -0.1) is 0 Å². The monoisotopic (exact) mass is 333 g/mol. The van der Waals surface area contributed by atoms with Crippen molar-refractivity contribution in [1.29, 1.82) is 0 Å². The molecule has 2 rings (SSSR count). The van der Waals surface area contributed by atoms with Crippen LogP contribution < -0.4 is 4.72 Å². The lowest BCUT2D eigenvalue weighted by Crippen LogP contribution is -2.44. The second-order valence-electron chi connectivity index (χ2n) is 6.24. The zero-order valence-corrected chi connectivity index (χ0v) is 14.1. The SMILES string of the molecule is CC(OCC1CCCCO1)C(=O)NS(=O)(=O)C1CCCCC1. The van der Waals surface area contributed by atoms with E-state index in [9.17, 15) is 13.2 Å². The summed E-state index contributed by atoms with van der Waals surface area (Å²) in [6.07, 6.45) is 6.46. The van der Waals surface area contributed by atoms with Gasteiger partial charge in [-0.2, -0.15) is 0 Å². The van der Waals surface area contributed by atoms with Crippen LogP contribution in [0.3, 0.4) is 0 Å². The van der Waals surface area contributed by atoms with Gasteiger partial charge in [-0.05, 0) is 39.0 Å². The Morgan fingerprint density at radius 2 is 1.86 bits per heavy atom. The molecule has 1 saturated carbocycles. The number of carbonyl (C=O) groups is 1. The summed E-state index contributed by atoms with van der Waals surface area (Å²) >= 11 is 0. The summed E-state index contributed by atoms with van der Waals surface area (Å²) in [4.78, 5) is 12.0. The fourth-order valence-electron chi connectivity index (χ4n) is 2.95. The number of nitrogens with one attached hydrogen (secondary N) is 1. The first-order valence-electron chi connectivity index (χ1n) is 8.28. The minimum Gasteiger partial charge on any atom is -0.376 e. The van der Waals surface area contributed by atoms with Gasteiger partial charge in [0.15, 0.2) is 0 Å². The predicted octanol–water partition coefficient (Wildman–Crippen LogP) is 1.74. The minimum absolute atomic E-state index is 0.0129. The highest BCUT2D eigenvalue weighted by atomic mass is 32.2. The Kier molecular flexibility index (Phi) is 6.65. The van der Waals surface area contributed by atoms with Crippen molar-refractivity contribution in [3.8, 4) is 0 Å². The number of sulfonamides is 1. The van der Waals surface area contributed by atoms with Crippen LogP contribution in [0.25, 0.3) is 0 Å². The van der Waals surface area contributed by atoms with E-state index in [1.807, 2.05) is 0 Å². The lowest BCUT2D eigenvalue weighted by atomic mass is 10.0. The molecule has 0 aromatic carbocycles. The molecule has 0 bridgehead atoms. The third kappa shape index (κ3) is 5.21. The second-order valence-corrected chi connectivity index (χ2v) is 8.20. The van der Waals surface area contributed by atoms with Gasteiger partial charge in [0.05, 0.1) is 18.0 Å². The van der Waals surface area contributed by atoms with E-state index in [-0.39, 0.29) is 6.10 Å². The molecular formula is C15H27NO5S. The summed E-state index contributed by atoms with van der Waals surface area (Å²) in [5.41, 5.74) is 0. The molecule has 1 aliphatic heterocycles. The number of ether oxygens (including phenoxy) is 2. The Morgan fingerprint density at radius 3 is 2.50 bits per heavy atom. The fraction of sp³-hybridized carbons (Fsp3) is 0.933. The Labute approximate surface area is 133 Å². The number of hydrogen-bond acceptors (Lipinski definition) is 5. The fourth-order valence-corrected chi connectivity index (χ4v) is 4.52. The van der Waals surface area contributed by atoms with E-state index in [0.29, 0.717) is 19.4 Å². The third-order valence-electron chi connectivity index (χ3n) is 4.41. The first-order chi connectivity index (χ1) is 10.5. The van der Waals surface area contributed by atoms with Crippen LogP contribution in [0.5, 0.6) is 0 Å². The molecule has 2 fully saturated rings. The molecule has 2 atom stereocenters. The van der Waals surface area contributed by atoms with Crippen LogP contribution in [-0.2, 0) is 24.3 Å². The highest BCUT2D eigenvalue weighted by Crippen LogP contribution is 2.23. The van der Waals surface area contributed by atoms with Crippen LogP contribution in [0.4, 0.5) is 0 Å². The van der Waals surface area contributed by atoms with E-state index < -0.39 is 27.3 Å². The molecule has 6 nitrogen and oxygen atoms in total. The molecular weight excluding hydrogens is 306 g/mol. The van der Waals surface area contributed by atoms with E-state index in [4.69, 9.17) is 9.47 Å². The number of rotatable bonds is 6. The van der Waals surface area contributed by atoms with Gasteiger partial charge in [-0.25, -0.2) is 8.42 Å². The minimum atomic E-state index is -3.58. The summed E-state index contributed by atoms with van der Waals surface area (Å²) in [5, 5.41) is -0.445. The number of carbonyl (C=O) groups excluding carboxylic acids is 1. The van der Waals surface area contributed by atoms with Crippen LogP contribution in [0.1, 0.15) is 58.3 Å². The molecule has 2 aliphatic rings. The zero-order valence-electron chi connectivity index (χ0n) is 13.3. The Hall–Kier alpha value is -0.660. The molecule has 7 heteroatoms. The highest BCUT2D eigenvalue weighted by molar-refractivity contribution is 7.90. The molecule has 1 aliphatic carbocycles. The van der Waals surface area contributed by atoms with Crippen LogP contribution in [0.15, 0.2) is 0 Å². The topological polar surface area (TPSA) is 81.7 Å². The van der Waals surface area contributed by atoms with Gasteiger partial charge in [-0.3, -0.25) is 9.52 Å². The second kappa shape index (κ2) is 8.26. The van der Waals surface area contributed by atoms with Crippen molar-refractivity contribution in [2.45, 2.75) is 75.7 Å². The third-order valence-corrected chi connectivity index (χ3v) is 6.24. The van der Waals surface area contributed by atoms with Gasteiger partial charge in [0, 0.05) is 6.61 Å². The van der Waals surface area contributed by atoms with Gasteiger partial charge in [0.1, 0.15) is 6.10 Å². The molecule has 0 aromatic rings. The maximum Gasteiger partial charge on any atom is 0.262 e. The van der Waals surface area contributed by atoms with Crippen LogP contribution in [0, 0.1) is 0 Å². The van der Waals surface area contributed by atoms with E-state index in [0.717, 1.165) is 45.1 Å². The molecule has 22 heavy (non-hydrogen) atoms. The van der Waals surface area contributed by atoms with Crippen LogP contribution >= 0.6 is 0 Å². The predicted molar refractivity (Wildman–Crippen MR) is 82.9 cm³/mol. The summed E-state index contributed by atoms with van der Waals surface area (Å²) in [7, 11) is -3.58. The van der Waals surface area contributed by atoms with Crippen LogP contribution in [0.2, 0.25) is 0 Å². The molecule has 1 N–H and O–H groups in total. The molecule has 0 aromatic heterocycles. The van der Waals surface area contributed by atoms with E-state index in [1.165, 1.54) is 0 Å². The van der Waals surface area contributed by atoms with E-state index in [1.54, 1.807) is 6.92 Å². The quantitative estimate of drug-likeness (QED) is 0.800. The average molecular weight is 333 g/mol. The Balaban J connectivity index is 1.77. The molecule has 1 saturated heterocycles. The zero-order chi connectivity index (χ0) is 16.0. The van der Waals surface area contributed by atoms with Crippen molar-refractivity contribution in [2.24, 2.45) is 0 Å². The average Bonchev–Trinajstić information content (AvgIpc) is 2.54. The molecule has 0 spiro atoms. The van der Waals surface area contributed by atoms with Gasteiger partial charge in [0.25, 0.3) is 5.91 Å². The maximum absolute atomic E-state index is 12.2. The van der Waals surface area contributed by atoms with E-state index >= 15 is 0 Å². The number of amides is 1. The standard InChI is InChI=1S/C15H27NO5S/c1-12(21-11-13-7-5-6-10-20-13)15(17)16-22(18,19)14-8-3-2-4-9-14/h12-14H,2-11H2,1H3,(H,16,17). The van der Waals surface area contributed by atoms with Crippen molar-refractivity contribution in [1.82, 2.24) is 4.72 Å². The van der Waals surface area contributed by atoms with Crippen molar-refractivity contribution in [3.05, 3.63) is 0 Å². The molecule has 128 valence electrons. The summed E-state index contributed by atoms with van der Waals surface area (Å²) in [6.45, 7) is 2.64. The Morgan fingerprint density at radius 1 is 1.18 bits per heavy atom. The largest absolute Gasteiger partial charge is 0.376 e. The van der Waals surface area contributed by atoms with E-state index in [2.05, 4.69) is 4.72 Å². The van der Waals surface area contributed by atoms with Crippen LogP contribution in [-0.4, -0.2) is 45.0 Å². The lowest BCUT2D eigenvalue weighted by Gasteiger charge is -2.25. The van der Waals surface area contributed by atoms with Crippen molar-refractivity contribution in [2.75, 3.05) is 13.2 Å². The summed E-state index contributed by atoms with van der Waals surface area (Å²) in [6, 6.07) is 0. The summed E-state index contributed by atoms with van der Waals surface area (Å²) < 4.78 is 37.6. The van der Waals surface area contributed by atoms with Gasteiger partial charge in [0.2, 0.25) is 10.0 Å². The Bertz CT molecular complexity index is 453. The van der Waals surface area contributed by atoms with Gasteiger partial charge < -0.3 is 9.47 Å². The van der Waals surface area contributed by atoms with Gasteiger partial charge >= 0.3 is 0 Å². The lowest BCUT2D eigenvalue weighted by molar-refractivity contribution is -0.133. The summed E-state index contributed by atoms with van der Waals surface area (Å²) in [5.74, 6) is -0.582. The molecule has 0 radical (unpaired) electrons. The molecule has 1 amide bonds. The normalized spacial score (nSPS) is 25.6. The first-order valence-corrected chi connectivity index (χ1v) is 9.82. The smallest absolute Gasteiger partial charge is 0.262 e. The highest BCUT2D eigenvalue weighted by Gasteiger charge is 2.30. The van der Waals surface area contributed by atoms with Crippen molar-refractivity contribution < 1.29 is 22.7 Å². The van der Waals surface area contributed by atoms with Crippen molar-refractivity contribution in [3.63, 3.8) is 0 Å². The van der Waals surface area contributed by atoms with Crippen molar-refractivity contribution >= 4 is 15.9 Å². The molecule has 2 unspecified atom stereocenters. The maximum atomic E-state index is 12.2. The molecule has 1 heterocycles.